The molecule has 3 amide bonds. The minimum absolute atomic E-state index is 0.0139. The molecule has 3 aliphatic carbocycles. The fraction of sp³-hybridized carbons (Fsp3) is 0.500. The number of alkyl halides is 3. The second-order valence-electron chi connectivity index (χ2n) is 11.5. The summed E-state index contributed by atoms with van der Waals surface area (Å²) >= 11 is 0. The molecule has 0 unspecified atom stereocenters. The number of rotatable bonds is 8. The monoisotopic (exact) mass is 609 g/mol. The Hall–Kier alpha value is -3.90. The number of anilines is 1. The third-order valence-corrected chi connectivity index (χ3v) is 8.93. The molecule has 0 spiro atoms. The summed E-state index contributed by atoms with van der Waals surface area (Å²) in [7, 11) is 1.28. The maximum atomic E-state index is 14.9. The largest absolute Gasteiger partial charge is 0.496 e. The summed E-state index contributed by atoms with van der Waals surface area (Å²) in [5, 5.41) is 5.35. The van der Waals surface area contributed by atoms with Gasteiger partial charge in [0.05, 0.1) is 30.3 Å². The topological polar surface area (TPSA) is 120 Å². The number of nitrogens with one attached hydrogen (secondary N) is 2. The van der Waals surface area contributed by atoms with Crippen LogP contribution in [0.15, 0.2) is 30.3 Å². The van der Waals surface area contributed by atoms with Crippen molar-refractivity contribution < 1.29 is 45.8 Å². The quantitative estimate of drug-likeness (QED) is 0.356. The minimum Gasteiger partial charge on any atom is -0.496 e. The van der Waals surface area contributed by atoms with Crippen LogP contribution in [0.5, 0.6) is 11.5 Å². The van der Waals surface area contributed by atoms with E-state index in [1.165, 1.54) is 13.2 Å². The zero-order valence-corrected chi connectivity index (χ0v) is 23.3. The molecule has 5 rings (SSSR count). The number of halogens is 5. The van der Waals surface area contributed by atoms with Gasteiger partial charge in [-0.05, 0) is 81.0 Å². The molecule has 0 radical (unpaired) electrons. The number of ether oxygens (including phenoxy) is 2. The average Bonchev–Trinajstić information content (AvgIpc) is 3.56. The summed E-state index contributed by atoms with van der Waals surface area (Å²) in [4.78, 5) is 38.3. The number of carbonyl (C=O) groups excluding carboxylic acids is 3. The summed E-state index contributed by atoms with van der Waals surface area (Å²) in [6.07, 6.45) is -1.22. The normalized spacial score (nSPS) is 26.6. The van der Waals surface area contributed by atoms with Crippen LogP contribution >= 0.6 is 0 Å². The van der Waals surface area contributed by atoms with Crippen LogP contribution in [0.3, 0.4) is 0 Å². The Bertz CT molecular complexity index is 1410. The molecule has 2 bridgehead atoms. The lowest BCUT2D eigenvalue weighted by molar-refractivity contribution is -0.140. The molecule has 0 aliphatic heterocycles. The van der Waals surface area contributed by atoms with Crippen LogP contribution in [0.2, 0.25) is 0 Å². The van der Waals surface area contributed by atoms with E-state index in [1.807, 2.05) is 0 Å². The fourth-order valence-corrected chi connectivity index (χ4v) is 6.77. The molecule has 13 heteroatoms. The van der Waals surface area contributed by atoms with Crippen molar-refractivity contribution in [1.82, 2.24) is 5.32 Å². The van der Waals surface area contributed by atoms with Crippen molar-refractivity contribution in [2.75, 3.05) is 12.4 Å². The van der Waals surface area contributed by atoms with Gasteiger partial charge < -0.3 is 25.8 Å². The van der Waals surface area contributed by atoms with Crippen molar-refractivity contribution >= 4 is 23.4 Å². The third kappa shape index (κ3) is 6.40. The van der Waals surface area contributed by atoms with E-state index in [-0.39, 0.29) is 52.5 Å². The first-order valence-electron chi connectivity index (χ1n) is 14.2. The number of hydrogen-bond donors (Lipinski definition) is 3. The number of amides is 3. The number of hydrogen-bond acceptors (Lipinski definition) is 5. The Labute approximate surface area is 244 Å². The molecule has 43 heavy (non-hydrogen) atoms. The lowest BCUT2D eigenvalue weighted by atomic mass is 9.83. The van der Waals surface area contributed by atoms with Crippen LogP contribution in [-0.2, 0) is 15.8 Å². The SMILES string of the molecule is COc1cc(F)c(OC2CCC(C(N)=O)CC2)cc1C(=O)N[C@@H]1[C@H]2CC[C@H](C2)[C@@H]1C(=O)Nc1ccc(F)c(C(F)(F)F)c1. The smallest absolute Gasteiger partial charge is 0.419 e. The first kappa shape index (κ1) is 30.6. The number of carbonyl (C=O) groups is 3. The van der Waals surface area contributed by atoms with Gasteiger partial charge in [0.1, 0.15) is 11.6 Å². The van der Waals surface area contributed by atoms with Gasteiger partial charge in [-0.25, -0.2) is 8.78 Å². The molecule has 0 saturated heterocycles. The number of benzene rings is 2. The molecule has 232 valence electrons. The summed E-state index contributed by atoms with van der Waals surface area (Å²) in [5.41, 5.74) is 3.66. The molecule has 3 saturated carbocycles. The van der Waals surface area contributed by atoms with Crippen LogP contribution in [0.1, 0.15) is 60.9 Å². The second-order valence-corrected chi connectivity index (χ2v) is 11.5. The van der Waals surface area contributed by atoms with Gasteiger partial charge in [-0.3, -0.25) is 14.4 Å². The van der Waals surface area contributed by atoms with Gasteiger partial charge in [-0.15, -0.1) is 0 Å². The Morgan fingerprint density at radius 3 is 2.26 bits per heavy atom. The van der Waals surface area contributed by atoms with E-state index in [4.69, 9.17) is 15.2 Å². The number of fused-ring (bicyclic) bond motifs is 2. The van der Waals surface area contributed by atoms with Gasteiger partial charge >= 0.3 is 6.18 Å². The van der Waals surface area contributed by atoms with Crippen molar-refractivity contribution in [3.8, 4) is 11.5 Å². The maximum absolute atomic E-state index is 14.9. The molecule has 3 fully saturated rings. The van der Waals surface area contributed by atoms with Crippen molar-refractivity contribution in [2.45, 2.75) is 63.3 Å². The molecule has 4 N–H and O–H groups in total. The van der Waals surface area contributed by atoms with Gasteiger partial charge in [0.2, 0.25) is 11.8 Å². The van der Waals surface area contributed by atoms with Crippen molar-refractivity contribution in [2.24, 2.45) is 29.4 Å². The molecule has 4 atom stereocenters. The molecule has 0 aromatic heterocycles. The highest BCUT2D eigenvalue weighted by Gasteiger charge is 2.51. The van der Waals surface area contributed by atoms with E-state index >= 15 is 0 Å². The van der Waals surface area contributed by atoms with Crippen molar-refractivity contribution in [1.29, 1.82) is 0 Å². The first-order valence-corrected chi connectivity index (χ1v) is 14.2. The summed E-state index contributed by atoms with van der Waals surface area (Å²) in [6, 6.07) is 3.87. The van der Waals surface area contributed by atoms with Crippen LogP contribution in [0, 0.1) is 35.3 Å². The summed E-state index contributed by atoms with van der Waals surface area (Å²) in [6.45, 7) is 0. The highest BCUT2D eigenvalue weighted by Crippen LogP contribution is 2.49. The Morgan fingerprint density at radius 2 is 1.60 bits per heavy atom. The number of methoxy groups -OCH3 is 1. The van der Waals surface area contributed by atoms with Gasteiger partial charge in [0.15, 0.2) is 11.6 Å². The molecule has 2 aromatic rings. The zero-order chi connectivity index (χ0) is 31.1. The lowest BCUT2D eigenvalue weighted by Crippen LogP contribution is -2.48. The van der Waals surface area contributed by atoms with Crippen LogP contribution < -0.4 is 25.8 Å². The number of primary amides is 1. The molecule has 0 heterocycles. The van der Waals surface area contributed by atoms with Crippen molar-refractivity contribution in [3.05, 3.63) is 53.1 Å². The van der Waals surface area contributed by atoms with Gasteiger partial charge in [-0.1, -0.05) is 0 Å². The van der Waals surface area contributed by atoms with E-state index < -0.39 is 47.1 Å². The summed E-state index contributed by atoms with van der Waals surface area (Å²) in [5.74, 6) is -5.16. The van der Waals surface area contributed by atoms with Gasteiger partial charge in [0.25, 0.3) is 5.91 Å². The second kappa shape index (κ2) is 12.0. The molecular weight excluding hydrogens is 577 g/mol. The zero-order valence-electron chi connectivity index (χ0n) is 23.3. The minimum atomic E-state index is -4.94. The van der Waals surface area contributed by atoms with E-state index in [1.54, 1.807) is 0 Å². The van der Waals surface area contributed by atoms with Crippen LogP contribution in [-0.4, -0.2) is 37.0 Å². The lowest BCUT2D eigenvalue weighted by Gasteiger charge is -2.31. The Balaban J connectivity index is 1.32. The first-order chi connectivity index (χ1) is 20.3. The highest BCUT2D eigenvalue weighted by molar-refractivity contribution is 5.99. The number of nitrogens with two attached hydrogens (primary N) is 1. The van der Waals surface area contributed by atoms with E-state index in [9.17, 15) is 36.3 Å². The van der Waals surface area contributed by atoms with Gasteiger partial charge in [-0.2, -0.15) is 13.2 Å². The standard InChI is InChI=1S/C30H32F5N3O5/c1-42-23-13-22(32)24(43-18-7-4-14(5-8-18)27(36)39)12-19(23)28(40)38-26-16-3-2-15(10-16)25(26)29(41)37-17-6-9-21(31)20(11-17)30(33,34)35/h6,9,11-16,18,25-26H,2-5,7-8,10H2,1H3,(H2,36,39)(H,37,41)(H,38,40)/t14?,15-,16+,18?,25+,26-/m1/s1. The van der Waals surface area contributed by atoms with Gasteiger partial charge in [0, 0.05) is 23.7 Å². The van der Waals surface area contributed by atoms with E-state index in [2.05, 4.69) is 10.6 Å². The molecule has 8 nitrogen and oxygen atoms in total. The summed E-state index contributed by atoms with van der Waals surface area (Å²) < 4.78 is 79.3. The molecule has 2 aromatic carbocycles. The predicted octanol–water partition coefficient (Wildman–Crippen LogP) is 5.20. The molecule has 3 aliphatic rings. The van der Waals surface area contributed by atoms with E-state index in [0.29, 0.717) is 50.7 Å². The fourth-order valence-electron chi connectivity index (χ4n) is 6.77. The van der Waals surface area contributed by atoms with E-state index in [0.717, 1.165) is 18.6 Å². The van der Waals surface area contributed by atoms with Crippen LogP contribution in [0.25, 0.3) is 0 Å². The van der Waals surface area contributed by atoms with Crippen LogP contribution in [0.4, 0.5) is 27.6 Å². The Morgan fingerprint density at radius 1 is 0.907 bits per heavy atom. The molecular formula is C30H32F5N3O5. The highest BCUT2D eigenvalue weighted by atomic mass is 19.4. The third-order valence-electron chi connectivity index (χ3n) is 8.93. The maximum Gasteiger partial charge on any atom is 0.419 e. The predicted molar refractivity (Wildman–Crippen MR) is 144 cm³/mol. The Kier molecular flexibility index (Phi) is 8.53. The average molecular weight is 610 g/mol. The van der Waals surface area contributed by atoms with Crippen molar-refractivity contribution in [3.63, 3.8) is 0 Å².